The summed E-state index contributed by atoms with van der Waals surface area (Å²) in [6.07, 6.45) is 7.68. The summed E-state index contributed by atoms with van der Waals surface area (Å²) in [5.41, 5.74) is 0. The van der Waals surface area contributed by atoms with Gasteiger partial charge in [0.15, 0.2) is 0 Å². The van der Waals surface area contributed by atoms with Crippen molar-refractivity contribution < 1.29 is 13.3 Å². The Morgan fingerprint density at radius 2 is 1.35 bits per heavy atom. The second kappa shape index (κ2) is 11.0. The van der Waals surface area contributed by atoms with E-state index >= 15 is 0 Å². The molecule has 0 spiro atoms. The average Bonchev–Trinajstić information content (AvgIpc) is 2.30. The summed E-state index contributed by atoms with van der Waals surface area (Å²) in [4.78, 5) is 0. The van der Waals surface area contributed by atoms with E-state index in [9.17, 15) is 0 Å². The molecule has 0 unspecified atom stereocenters. The third-order valence-corrected chi connectivity index (χ3v) is 5.50. The molecule has 0 aromatic rings. The molecule has 0 aromatic carbocycles. The Morgan fingerprint density at radius 1 is 0.824 bits per heavy atom. The zero-order chi connectivity index (χ0) is 13.0. The maximum atomic E-state index is 5.79. The Balaban J connectivity index is 4.18. The Labute approximate surface area is 108 Å². The highest BCUT2D eigenvalue weighted by Crippen LogP contribution is 2.19. The Kier molecular flexibility index (Phi) is 10.9. The fourth-order valence-electron chi connectivity index (χ4n) is 1.72. The van der Waals surface area contributed by atoms with Crippen molar-refractivity contribution in [3.05, 3.63) is 12.2 Å². The molecule has 0 aromatic heterocycles. The van der Waals surface area contributed by atoms with E-state index in [4.69, 9.17) is 13.3 Å². The van der Waals surface area contributed by atoms with Crippen LogP contribution in [0.3, 0.4) is 0 Å². The van der Waals surface area contributed by atoms with Gasteiger partial charge in [-0.3, -0.25) is 0 Å². The molecule has 102 valence electrons. The van der Waals surface area contributed by atoms with Gasteiger partial charge < -0.3 is 13.3 Å². The third kappa shape index (κ3) is 7.71. The van der Waals surface area contributed by atoms with Crippen molar-refractivity contribution in [3.8, 4) is 0 Å². The minimum absolute atomic E-state index is 0.664. The number of unbranched alkanes of at least 4 members (excludes halogenated alkanes) is 1. The molecule has 3 nitrogen and oxygen atoms in total. The van der Waals surface area contributed by atoms with Crippen molar-refractivity contribution in [3.63, 3.8) is 0 Å². The summed E-state index contributed by atoms with van der Waals surface area (Å²) in [6.45, 7) is 10.1. The quantitative estimate of drug-likeness (QED) is 0.321. The molecule has 0 radical (unpaired) electrons. The van der Waals surface area contributed by atoms with Crippen LogP contribution < -0.4 is 0 Å². The minimum Gasteiger partial charge on any atom is -0.374 e. The first kappa shape index (κ1) is 16.8. The van der Waals surface area contributed by atoms with Gasteiger partial charge in [0.05, 0.1) is 0 Å². The SMILES string of the molecule is CCC=CCCC[Si](OCC)(OCC)OCC. The van der Waals surface area contributed by atoms with Gasteiger partial charge in [0, 0.05) is 25.9 Å². The van der Waals surface area contributed by atoms with Crippen LogP contribution in [0.4, 0.5) is 0 Å². The van der Waals surface area contributed by atoms with E-state index in [1.807, 2.05) is 20.8 Å². The van der Waals surface area contributed by atoms with Crippen LogP contribution in [0.15, 0.2) is 12.2 Å². The summed E-state index contributed by atoms with van der Waals surface area (Å²) < 4.78 is 17.4. The molecule has 0 N–H and O–H groups in total. The van der Waals surface area contributed by atoms with E-state index in [1.165, 1.54) is 0 Å². The highest BCUT2D eigenvalue weighted by molar-refractivity contribution is 6.60. The lowest BCUT2D eigenvalue weighted by Crippen LogP contribution is -2.45. The average molecular weight is 260 g/mol. The first-order valence-corrected chi connectivity index (χ1v) is 8.74. The van der Waals surface area contributed by atoms with Gasteiger partial charge in [0.1, 0.15) is 0 Å². The highest BCUT2D eigenvalue weighted by Gasteiger charge is 2.39. The van der Waals surface area contributed by atoms with Crippen molar-refractivity contribution in [2.24, 2.45) is 0 Å². The first-order valence-electron chi connectivity index (χ1n) is 6.81. The summed E-state index contributed by atoms with van der Waals surface area (Å²) in [6, 6.07) is 0.913. The molecule has 0 aliphatic heterocycles. The number of hydrogen-bond donors (Lipinski definition) is 0. The highest BCUT2D eigenvalue weighted by atomic mass is 28.4. The predicted molar refractivity (Wildman–Crippen MR) is 74.1 cm³/mol. The van der Waals surface area contributed by atoms with E-state index in [-0.39, 0.29) is 0 Å². The fraction of sp³-hybridized carbons (Fsp3) is 0.846. The lowest BCUT2D eigenvalue weighted by atomic mass is 10.3. The second-order valence-electron chi connectivity index (χ2n) is 3.75. The Morgan fingerprint density at radius 3 is 1.76 bits per heavy atom. The van der Waals surface area contributed by atoms with Crippen LogP contribution in [0.2, 0.25) is 6.04 Å². The maximum absolute atomic E-state index is 5.79. The molecule has 0 heterocycles. The number of allylic oxidation sites excluding steroid dienone is 2. The molecular weight excluding hydrogens is 232 g/mol. The predicted octanol–water partition coefficient (Wildman–Crippen LogP) is 3.78. The molecule has 0 saturated carbocycles. The first-order chi connectivity index (χ1) is 8.24. The number of rotatable bonds is 11. The van der Waals surface area contributed by atoms with Gasteiger partial charge >= 0.3 is 8.80 Å². The molecule has 17 heavy (non-hydrogen) atoms. The van der Waals surface area contributed by atoms with E-state index in [1.54, 1.807) is 0 Å². The fourth-order valence-corrected chi connectivity index (χ4v) is 4.36. The van der Waals surface area contributed by atoms with Crippen LogP contribution in [-0.4, -0.2) is 28.6 Å². The van der Waals surface area contributed by atoms with Crippen LogP contribution in [0.5, 0.6) is 0 Å². The molecule has 0 saturated heterocycles. The zero-order valence-corrected chi connectivity index (χ0v) is 12.8. The Bertz CT molecular complexity index is 178. The topological polar surface area (TPSA) is 27.7 Å². The Hall–Kier alpha value is -0.163. The summed E-state index contributed by atoms with van der Waals surface area (Å²) >= 11 is 0. The summed E-state index contributed by atoms with van der Waals surface area (Å²) in [5, 5.41) is 0. The lowest BCUT2D eigenvalue weighted by Gasteiger charge is -2.28. The minimum atomic E-state index is -2.39. The molecule has 0 rings (SSSR count). The van der Waals surface area contributed by atoms with E-state index in [0.717, 1.165) is 25.3 Å². The number of hydrogen-bond acceptors (Lipinski definition) is 3. The van der Waals surface area contributed by atoms with Gasteiger partial charge in [-0.1, -0.05) is 19.1 Å². The van der Waals surface area contributed by atoms with Crippen LogP contribution in [0.25, 0.3) is 0 Å². The molecule has 0 aliphatic carbocycles. The van der Waals surface area contributed by atoms with E-state index in [2.05, 4.69) is 19.1 Å². The van der Waals surface area contributed by atoms with Crippen molar-refractivity contribution in [2.75, 3.05) is 19.8 Å². The zero-order valence-electron chi connectivity index (χ0n) is 11.8. The largest absolute Gasteiger partial charge is 0.500 e. The van der Waals surface area contributed by atoms with Crippen LogP contribution >= 0.6 is 0 Å². The van der Waals surface area contributed by atoms with Crippen molar-refractivity contribution in [2.45, 2.75) is 53.0 Å². The molecule has 0 atom stereocenters. The van der Waals surface area contributed by atoms with Crippen molar-refractivity contribution >= 4 is 8.80 Å². The normalized spacial score (nSPS) is 12.5. The van der Waals surface area contributed by atoms with Crippen molar-refractivity contribution in [1.82, 2.24) is 0 Å². The van der Waals surface area contributed by atoms with Gasteiger partial charge in [-0.25, -0.2) is 0 Å². The van der Waals surface area contributed by atoms with Crippen LogP contribution in [-0.2, 0) is 13.3 Å². The maximum Gasteiger partial charge on any atom is 0.500 e. The summed E-state index contributed by atoms with van der Waals surface area (Å²) in [7, 11) is -2.39. The molecule has 0 amide bonds. The van der Waals surface area contributed by atoms with Gasteiger partial charge in [-0.2, -0.15) is 0 Å². The molecular formula is C13H28O3Si. The molecule has 4 heteroatoms. The van der Waals surface area contributed by atoms with Crippen molar-refractivity contribution in [1.29, 1.82) is 0 Å². The lowest BCUT2D eigenvalue weighted by molar-refractivity contribution is 0.0709. The van der Waals surface area contributed by atoms with E-state index in [0.29, 0.717) is 19.8 Å². The molecule has 0 bridgehead atoms. The van der Waals surface area contributed by atoms with Crippen LogP contribution in [0, 0.1) is 0 Å². The molecule has 0 fully saturated rings. The summed E-state index contributed by atoms with van der Waals surface area (Å²) in [5.74, 6) is 0. The van der Waals surface area contributed by atoms with Gasteiger partial charge in [0.25, 0.3) is 0 Å². The van der Waals surface area contributed by atoms with Crippen LogP contribution in [0.1, 0.15) is 47.0 Å². The third-order valence-electron chi connectivity index (χ3n) is 2.35. The van der Waals surface area contributed by atoms with Gasteiger partial charge in [-0.15, -0.1) is 0 Å². The van der Waals surface area contributed by atoms with Gasteiger partial charge in [0.2, 0.25) is 0 Å². The monoisotopic (exact) mass is 260 g/mol. The smallest absolute Gasteiger partial charge is 0.374 e. The van der Waals surface area contributed by atoms with E-state index < -0.39 is 8.80 Å². The van der Waals surface area contributed by atoms with Gasteiger partial charge in [-0.05, 0) is 40.0 Å². The second-order valence-corrected chi connectivity index (χ2v) is 6.49. The standard InChI is InChI=1S/C13H28O3Si/c1-5-9-10-11-12-13-17(14-6-2,15-7-3)16-8-4/h9-10H,5-8,11-13H2,1-4H3. The molecule has 0 aliphatic rings.